The van der Waals surface area contributed by atoms with Gasteiger partial charge in [0.2, 0.25) is 0 Å². The fourth-order valence-electron chi connectivity index (χ4n) is 5.74. The number of ether oxygens (including phenoxy) is 3. The van der Waals surface area contributed by atoms with E-state index in [1.165, 1.54) is 18.8 Å². The van der Waals surface area contributed by atoms with Crippen LogP contribution in [0.1, 0.15) is 66.4 Å². The molecule has 0 aliphatic carbocycles. The molecule has 2 heterocycles. The normalized spacial score (nSPS) is 27.5. The Balaban J connectivity index is 1.75. The monoisotopic (exact) mass is 617 g/mol. The molecule has 0 spiro atoms. The average molecular weight is 618 g/mol. The van der Waals surface area contributed by atoms with E-state index in [1.54, 1.807) is 6.92 Å². The van der Waals surface area contributed by atoms with Crippen molar-refractivity contribution in [1.82, 2.24) is 5.32 Å². The number of methoxy groups -OCH3 is 1. The zero-order valence-corrected chi connectivity index (χ0v) is 27.8. The minimum absolute atomic E-state index is 0.0594. The van der Waals surface area contributed by atoms with Crippen molar-refractivity contribution in [3.05, 3.63) is 108 Å². The largest absolute Gasteiger partial charge is 0.455 e. The van der Waals surface area contributed by atoms with E-state index in [1.807, 2.05) is 93.6 Å². The summed E-state index contributed by atoms with van der Waals surface area (Å²) in [6, 6.07) is 8.92. The van der Waals surface area contributed by atoms with E-state index in [0.717, 1.165) is 17.6 Å². The molecule has 1 aromatic carbocycles. The lowest BCUT2D eigenvalue weighted by atomic mass is 9.87. The van der Waals surface area contributed by atoms with Crippen LogP contribution < -0.4 is 5.32 Å². The Kier molecular flexibility index (Phi) is 13.8. The molecule has 0 aromatic heterocycles. The number of nitrogens with one attached hydrogen (secondary N) is 1. The number of cyclic esters (lactones) is 1. The number of allylic oxidation sites excluding steroid dienone is 7. The third kappa shape index (κ3) is 10.5. The van der Waals surface area contributed by atoms with E-state index in [-0.39, 0.29) is 35.9 Å². The molecule has 1 aromatic rings. The second-order valence-corrected chi connectivity index (χ2v) is 12.4. The molecular formula is C38H51NO6. The summed E-state index contributed by atoms with van der Waals surface area (Å²) in [5, 5.41) is 14.1. The number of benzene rings is 1. The number of amides is 1. The second kappa shape index (κ2) is 17.2. The van der Waals surface area contributed by atoms with Gasteiger partial charge in [-0.3, -0.25) is 4.79 Å². The molecule has 45 heavy (non-hydrogen) atoms. The van der Waals surface area contributed by atoms with Crippen LogP contribution in [-0.4, -0.2) is 54.6 Å². The van der Waals surface area contributed by atoms with Crippen LogP contribution >= 0.6 is 0 Å². The van der Waals surface area contributed by atoms with E-state index in [0.29, 0.717) is 12.8 Å². The molecule has 0 bridgehead atoms. The van der Waals surface area contributed by atoms with Gasteiger partial charge in [-0.1, -0.05) is 104 Å². The molecule has 244 valence electrons. The highest BCUT2D eigenvalue weighted by atomic mass is 16.5. The van der Waals surface area contributed by atoms with Crippen LogP contribution in [0, 0.1) is 11.8 Å². The summed E-state index contributed by atoms with van der Waals surface area (Å²) in [5.41, 5.74) is 1.83. The van der Waals surface area contributed by atoms with Crippen molar-refractivity contribution in [2.45, 2.75) is 96.9 Å². The SMILES string of the molecule is C/C=C/[C@@H]1O[C@H](C(/C=C/C=C(\C)C[C@@H](C)/C=C(C)\C=C\[C@H]2CC=CC(=O)O2)NC(=O)[C@](C)(OC)c2ccccc2)C[C@@H](O)[C@@H]1C. The van der Waals surface area contributed by atoms with Crippen LogP contribution in [0.2, 0.25) is 0 Å². The van der Waals surface area contributed by atoms with Crippen molar-refractivity contribution >= 4 is 11.9 Å². The van der Waals surface area contributed by atoms with E-state index in [9.17, 15) is 14.7 Å². The summed E-state index contributed by atoms with van der Waals surface area (Å²) in [5.74, 6) is -0.358. The van der Waals surface area contributed by atoms with Crippen molar-refractivity contribution in [2.24, 2.45) is 11.8 Å². The van der Waals surface area contributed by atoms with Gasteiger partial charge >= 0.3 is 5.97 Å². The van der Waals surface area contributed by atoms with Gasteiger partial charge < -0.3 is 24.6 Å². The quantitative estimate of drug-likeness (QED) is 0.146. The summed E-state index contributed by atoms with van der Waals surface area (Å²) in [6.07, 6.45) is 19.7. The molecule has 2 aliphatic rings. The van der Waals surface area contributed by atoms with Gasteiger partial charge in [-0.2, -0.15) is 0 Å². The molecule has 7 heteroatoms. The number of hydrogen-bond acceptors (Lipinski definition) is 6. The zero-order valence-electron chi connectivity index (χ0n) is 27.8. The van der Waals surface area contributed by atoms with E-state index < -0.39 is 23.9 Å². The Hall–Kier alpha value is -3.52. The number of rotatable bonds is 13. The summed E-state index contributed by atoms with van der Waals surface area (Å²) in [6.45, 7) is 12.0. The Bertz CT molecular complexity index is 1310. The summed E-state index contributed by atoms with van der Waals surface area (Å²) in [4.78, 5) is 25.2. The number of esters is 1. The molecular weight excluding hydrogens is 566 g/mol. The standard InChI is InChI=1S/C38H51NO6/c1-8-14-34-29(5)33(40)25-35(45-34)32(39-37(42)38(6,43-7)30-16-10-9-11-17-30)19-12-15-26(2)23-28(4)24-27(3)21-22-31-18-13-20-36(41)44-31/h8-17,19-22,24,28-29,31-35,40H,18,23,25H2,1-7H3,(H,39,42)/b14-8+,19-12+,22-21+,26-15+,27-24-/t28-,29+,31-,32?,33-,34+,35+,38-/m1/s1. The highest BCUT2D eigenvalue weighted by Crippen LogP contribution is 2.30. The van der Waals surface area contributed by atoms with Gasteiger partial charge in [0.1, 0.15) is 6.10 Å². The second-order valence-electron chi connectivity index (χ2n) is 12.4. The first-order valence-electron chi connectivity index (χ1n) is 15.9. The molecule has 3 rings (SSSR count). The Morgan fingerprint density at radius 3 is 2.62 bits per heavy atom. The van der Waals surface area contributed by atoms with E-state index in [4.69, 9.17) is 14.2 Å². The Labute approximate surface area is 269 Å². The molecule has 1 fully saturated rings. The molecule has 7 nitrogen and oxygen atoms in total. The van der Waals surface area contributed by atoms with Crippen LogP contribution in [0.3, 0.4) is 0 Å². The smallest absolute Gasteiger partial charge is 0.331 e. The number of aliphatic hydroxyl groups excluding tert-OH is 1. The van der Waals surface area contributed by atoms with Crippen LogP contribution in [0.5, 0.6) is 0 Å². The fraction of sp³-hybridized carbons (Fsp3) is 0.474. The van der Waals surface area contributed by atoms with Gasteiger partial charge in [-0.15, -0.1) is 0 Å². The first-order chi connectivity index (χ1) is 21.5. The summed E-state index contributed by atoms with van der Waals surface area (Å²) < 4.78 is 17.5. The fourth-order valence-corrected chi connectivity index (χ4v) is 5.74. The third-order valence-electron chi connectivity index (χ3n) is 8.53. The number of aliphatic hydroxyl groups is 1. The Morgan fingerprint density at radius 1 is 1.22 bits per heavy atom. The molecule has 2 N–H and O–H groups in total. The predicted octanol–water partition coefficient (Wildman–Crippen LogP) is 6.67. The molecule has 1 saturated heterocycles. The maximum absolute atomic E-state index is 13.8. The van der Waals surface area contributed by atoms with Gasteiger partial charge in [-0.05, 0) is 51.7 Å². The maximum atomic E-state index is 13.8. The Morgan fingerprint density at radius 2 is 1.96 bits per heavy atom. The van der Waals surface area contributed by atoms with Crippen LogP contribution in [0.4, 0.5) is 0 Å². The van der Waals surface area contributed by atoms with Gasteiger partial charge in [0.15, 0.2) is 5.60 Å². The van der Waals surface area contributed by atoms with Gasteiger partial charge in [0.05, 0.1) is 24.4 Å². The minimum Gasteiger partial charge on any atom is -0.455 e. The maximum Gasteiger partial charge on any atom is 0.331 e. The number of hydrogen-bond donors (Lipinski definition) is 2. The summed E-state index contributed by atoms with van der Waals surface area (Å²) in [7, 11) is 1.53. The lowest BCUT2D eigenvalue weighted by molar-refractivity contribution is -0.148. The molecule has 1 amide bonds. The molecule has 0 saturated carbocycles. The van der Waals surface area contributed by atoms with Crippen molar-refractivity contribution < 1.29 is 28.9 Å². The first-order valence-corrected chi connectivity index (χ1v) is 15.9. The minimum atomic E-state index is -1.20. The predicted molar refractivity (Wildman–Crippen MR) is 179 cm³/mol. The van der Waals surface area contributed by atoms with Crippen LogP contribution in [-0.2, 0) is 29.4 Å². The lowest BCUT2D eigenvalue weighted by Gasteiger charge is -2.40. The lowest BCUT2D eigenvalue weighted by Crippen LogP contribution is -2.55. The van der Waals surface area contributed by atoms with Crippen LogP contribution in [0.15, 0.2) is 102 Å². The third-order valence-corrected chi connectivity index (χ3v) is 8.53. The van der Waals surface area contributed by atoms with Crippen molar-refractivity contribution in [3.8, 4) is 0 Å². The van der Waals surface area contributed by atoms with Gasteiger partial charge in [0, 0.05) is 31.9 Å². The zero-order chi connectivity index (χ0) is 33.0. The molecule has 0 radical (unpaired) electrons. The van der Waals surface area contributed by atoms with Crippen molar-refractivity contribution in [2.75, 3.05) is 7.11 Å². The summed E-state index contributed by atoms with van der Waals surface area (Å²) >= 11 is 0. The van der Waals surface area contributed by atoms with Gasteiger partial charge in [0.25, 0.3) is 5.91 Å². The van der Waals surface area contributed by atoms with Crippen molar-refractivity contribution in [3.63, 3.8) is 0 Å². The highest BCUT2D eigenvalue weighted by Gasteiger charge is 2.40. The number of carbonyl (C=O) groups excluding carboxylic acids is 2. The topological polar surface area (TPSA) is 94.1 Å². The average Bonchev–Trinajstić information content (AvgIpc) is 3.01. The number of carbonyl (C=O) groups is 2. The van der Waals surface area contributed by atoms with E-state index in [2.05, 4.69) is 31.3 Å². The molecule has 1 unspecified atom stereocenters. The molecule has 2 aliphatic heterocycles. The van der Waals surface area contributed by atoms with E-state index >= 15 is 0 Å². The molecule has 8 atom stereocenters. The highest BCUT2D eigenvalue weighted by molar-refractivity contribution is 5.86. The van der Waals surface area contributed by atoms with Crippen molar-refractivity contribution in [1.29, 1.82) is 0 Å². The van der Waals surface area contributed by atoms with Gasteiger partial charge in [-0.25, -0.2) is 4.79 Å². The van der Waals surface area contributed by atoms with Crippen LogP contribution in [0.25, 0.3) is 0 Å². The first kappa shape index (κ1) is 36.0.